The molecule has 2 aliphatic rings. The third-order valence-corrected chi connectivity index (χ3v) is 5.65. The van der Waals surface area contributed by atoms with Crippen molar-refractivity contribution in [3.05, 3.63) is 35.4 Å². The number of rotatable bonds is 3. The van der Waals surface area contributed by atoms with E-state index in [1.807, 2.05) is 11.0 Å². The maximum absolute atomic E-state index is 12.5. The quantitative estimate of drug-likeness (QED) is 0.908. The summed E-state index contributed by atoms with van der Waals surface area (Å²) in [5.41, 5.74) is 0.401. The fourth-order valence-electron chi connectivity index (χ4n) is 3.96. The zero-order valence-corrected chi connectivity index (χ0v) is 14.7. The molecule has 2 aliphatic heterocycles. The van der Waals surface area contributed by atoms with Crippen LogP contribution >= 0.6 is 11.6 Å². The lowest BCUT2D eigenvalue weighted by Gasteiger charge is -2.34. The lowest BCUT2D eigenvalue weighted by molar-refractivity contribution is 0.0775. The van der Waals surface area contributed by atoms with Gasteiger partial charge in [-0.2, -0.15) is 5.10 Å². The first-order valence-corrected chi connectivity index (χ1v) is 9.10. The number of hydrogen-bond donors (Lipinski definition) is 1. The van der Waals surface area contributed by atoms with E-state index >= 15 is 0 Å². The Morgan fingerprint density at radius 2 is 1.84 bits per heavy atom. The lowest BCUT2D eigenvalue weighted by atomic mass is 9.84. The van der Waals surface area contributed by atoms with Crippen LogP contribution in [0.3, 0.4) is 0 Å². The maximum Gasteiger partial charge on any atom is 0.273 e. The molecule has 2 fully saturated rings. The number of amides is 1. The van der Waals surface area contributed by atoms with Gasteiger partial charge >= 0.3 is 0 Å². The van der Waals surface area contributed by atoms with E-state index in [1.165, 1.54) is 6.20 Å². The Kier molecular flexibility index (Phi) is 4.57. The number of halogens is 1. The summed E-state index contributed by atoms with van der Waals surface area (Å²) in [5.74, 6) is 1.98. The number of piperidine rings is 1. The average molecular weight is 361 g/mol. The van der Waals surface area contributed by atoms with Crippen LogP contribution in [-0.4, -0.2) is 57.2 Å². The molecule has 25 heavy (non-hydrogen) atoms. The van der Waals surface area contributed by atoms with Crippen molar-refractivity contribution in [2.24, 2.45) is 11.8 Å². The second kappa shape index (κ2) is 7.00. The van der Waals surface area contributed by atoms with E-state index in [-0.39, 0.29) is 5.91 Å². The van der Waals surface area contributed by atoms with Gasteiger partial charge in [-0.15, -0.1) is 0 Å². The van der Waals surface area contributed by atoms with Gasteiger partial charge in [-0.3, -0.25) is 9.89 Å². The van der Waals surface area contributed by atoms with E-state index in [2.05, 4.69) is 25.1 Å². The molecule has 0 radical (unpaired) electrons. The number of nitrogens with zero attached hydrogens (tertiary/aromatic N) is 5. The van der Waals surface area contributed by atoms with Crippen molar-refractivity contribution in [3.8, 4) is 0 Å². The zero-order valence-electron chi connectivity index (χ0n) is 13.9. The number of likely N-dealkylation sites (tertiary alicyclic amines) is 1. The van der Waals surface area contributed by atoms with Gasteiger partial charge < -0.3 is 9.80 Å². The molecule has 2 aromatic heterocycles. The van der Waals surface area contributed by atoms with E-state index in [9.17, 15) is 4.79 Å². The molecule has 0 saturated carbocycles. The normalized spacial score (nSPS) is 21.7. The average Bonchev–Trinajstić information content (AvgIpc) is 3.31. The highest BCUT2D eigenvalue weighted by molar-refractivity contribution is 6.33. The highest BCUT2D eigenvalue weighted by Crippen LogP contribution is 2.33. The monoisotopic (exact) mass is 360 g/mol. The number of hydrogen-bond acceptors (Lipinski definition) is 5. The van der Waals surface area contributed by atoms with Gasteiger partial charge in [0.25, 0.3) is 5.91 Å². The van der Waals surface area contributed by atoms with Crippen LogP contribution in [-0.2, 0) is 0 Å². The summed E-state index contributed by atoms with van der Waals surface area (Å²) >= 11 is 6.01. The number of H-pyrrole nitrogens is 1. The third-order valence-electron chi connectivity index (χ3n) is 5.36. The summed E-state index contributed by atoms with van der Waals surface area (Å²) in [5, 5.41) is 6.94. The molecule has 1 atom stereocenters. The molecule has 4 rings (SSSR count). The summed E-state index contributed by atoms with van der Waals surface area (Å²) in [6, 6.07) is 1.84. The van der Waals surface area contributed by atoms with Gasteiger partial charge in [-0.25, -0.2) is 9.97 Å². The number of nitrogens with one attached hydrogen (secondary N) is 1. The van der Waals surface area contributed by atoms with Crippen LogP contribution in [0, 0.1) is 11.8 Å². The minimum absolute atomic E-state index is 0.0416. The Morgan fingerprint density at radius 1 is 1.12 bits per heavy atom. The highest BCUT2D eigenvalue weighted by Gasteiger charge is 2.35. The number of carbonyl (C=O) groups excluding carboxylic acids is 1. The van der Waals surface area contributed by atoms with Crippen LogP contribution in [0.2, 0.25) is 5.02 Å². The van der Waals surface area contributed by atoms with Crippen molar-refractivity contribution in [1.29, 1.82) is 0 Å². The van der Waals surface area contributed by atoms with E-state index in [0.29, 0.717) is 22.6 Å². The number of anilines is 1. The predicted molar refractivity (Wildman–Crippen MR) is 94.6 cm³/mol. The van der Waals surface area contributed by atoms with Crippen LogP contribution < -0.4 is 4.90 Å². The standard InChI is InChI=1S/C17H21ClN6O/c18-14-10-21-22-15(14)16(25)24-9-4-13(11-24)12-2-7-23(8-3-12)17-19-5-1-6-20-17/h1,5-6,10,12-13H,2-4,7-9,11H2,(H,21,22). The molecule has 1 unspecified atom stereocenters. The summed E-state index contributed by atoms with van der Waals surface area (Å²) < 4.78 is 0. The smallest absolute Gasteiger partial charge is 0.273 e. The Hall–Kier alpha value is -2.15. The van der Waals surface area contributed by atoms with Crippen LogP contribution in [0.1, 0.15) is 29.8 Å². The minimum Gasteiger partial charge on any atom is -0.341 e. The molecule has 1 N–H and O–H groups in total. The maximum atomic E-state index is 12.5. The predicted octanol–water partition coefficient (Wildman–Crippen LogP) is 2.23. The van der Waals surface area contributed by atoms with Gasteiger partial charge in [-0.05, 0) is 37.2 Å². The summed E-state index contributed by atoms with van der Waals surface area (Å²) in [7, 11) is 0. The van der Waals surface area contributed by atoms with Crippen LogP contribution in [0.15, 0.2) is 24.7 Å². The Bertz CT molecular complexity index is 728. The number of aromatic nitrogens is 4. The number of carbonyl (C=O) groups is 1. The molecule has 0 aromatic carbocycles. The first-order chi connectivity index (χ1) is 12.2. The topological polar surface area (TPSA) is 78.0 Å². The van der Waals surface area contributed by atoms with E-state index in [0.717, 1.165) is 51.4 Å². The summed E-state index contributed by atoms with van der Waals surface area (Å²) in [4.78, 5) is 25.4. The second-order valence-electron chi connectivity index (χ2n) is 6.77. The Labute approximate surface area is 151 Å². The van der Waals surface area contributed by atoms with Crippen molar-refractivity contribution >= 4 is 23.5 Å². The van der Waals surface area contributed by atoms with Crippen molar-refractivity contribution in [2.45, 2.75) is 19.3 Å². The van der Waals surface area contributed by atoms with Crippen molar-refractivity contribution in [2.75, 3.05) is 31.1 Å². The molecule has 0 bridgehead atoms. The highest BCUT2D eigenvalue weighted by atomic mass is 35.5. The van der Waals surface area contributed by atoms with Gasteiger partial charge in [0.2, 0.25) is 5.95 Å². The molecular weight excluding hydrogens is 340 g/mol. The summed E-state index contributed by atoms with van der Waals surface area (Å²) in [6.45, 7) is 3.55. The number of aromatic amines is 1. The van der Waals surface area contributed by atoms with Gasteiger partial charge in [-0.1, -0.05) is 11.6 Å². The first-order valence-electron chi connectivity index (χ1n) is 8.72. The van der Waals surface area contributed by atoms with Crippen molar-refractivity contribution in [3.63, 3.8) is 0 Å². The first kappa shape index (κ1) is 16.3. The van der Waals surface area contributed by atoms with Crippen molar-refractivity contribution < 1.29 is 4.79 Å². The van der Waals surface area contributed by atoms with Gasteiger partial charge in [0.15, 0.2) is 0 Å². The SMILES string of the molecule is O=C(c1[nH]ncc1Cl)N1CCC(C2CCN(c3ncccn3)CC2)C1. The van der Waals surface area contributed by atoms with E-state index in [1.54, 1.807) is 12.4 Å². The largest absolute Gasteiger partial charge is 0.341 e. The molecule has 132 valence electrons. The minimum atomic E-state index is -0.0416. The molecule has 7 nitrogen and oxygen atoms in total. The van der Waals surface area contributed by atoms with Crippen LogP contribution in [0.5, 0.6) is 0 Å². The zero-order chi connectivity index (χ0) is 17.2. The third kappa shape index (κ3) is 3.33. The second-order valence-corrected chi connectivity index (χ2v) is 7.17. The molecular formula is C17H21ClN6O. The lowest BCUT2D eigenvalue weighted by Crippen LogP contribution is -2.38. The molecule has 1 amide bonds. The van der Waals surface area contributed by atoms with E-state index < -0.39 is 0 Å². The van der Waals surface area contributed by atoms with Crippen LogP contribution in [0.25, 0.3) is 0 Å². The molecule has 4 heterocycles. The summed E-state index contributed by atoms with van der Waals surface area (Å²) in [6.07, 6.45) is 8.35. The Balaban J connectivity index is 1.33. The Morgan fingerprint density at radius 3 is 2.52 bits per heavy atom. The molecule has 8 heteroatoms. The van der Waals surface area contributed by atoms with Crippen LogP contribution in [0.4, 0.5) is 5.95 Å². The molecule has 0 aliphatic carbocycles. The molecule has 2 saturated heterocycles. The fourth-order valence-corrected chi connectivity index (χ4v) is 4.13. The van der Waals surface area contributed by atoms with Crippen molar-refractivity contribution in [1.82, 2.24) is 25.1 Å². The van der Waals surface area contributed by atoms with Gasteiger partial charge in [0.1, 0.15) is 5.69 Å². The van der Waals surface area contributed by atoms with Gasteiger partial charge in [0, 0.05) is 38.6 Å². The fraction of sp³-hybridized carbons (Fsp3) is 0.529. The van der Waals surface area contributed by atoms with E-state index in [4.69, 9.17) is 11.6 Å². The molecule has 2 aromatic rings. The molecule has 0 spiro atoms. The van der Waals surface area contributed by atoms with Gasteiger partial charge in [0.05, 0.1) is 11.2 Å².